The van der Waals surface area contributed by atoms with Crippen LogP contribution >= 0.6 is 11.3 Å². The predicted molar refractivity (Wildman–Crippen MR) is 75.2 cm³/mol. The zero-order valence-corrected chi connectivity index (χ0v) is 11.8. The highest BCUT2D eigenvalue weighted by Gasteiger charge is 2.14. The lowest BCUT2D eigenvalue weighted by molar-refractivity contribution is 0.340. The molecule has 1 aromatic carbocycles. The maximum Gasteiger partial charge on any atom is 0.119 e. The smallest absolute Gasteiger partial charge is 0.119 e. The van der Waals surface area contributed by atoms with E-state index in [1.165, 1.54) is 4.88 Å². The summed E-state index contributed by atoms with van der Waals surface area (Å²) in [6.07, 6.45) is 0. The summed E-state index contributed by atoms with van der Waals surface area (Å²) in [4.78, 5) is 5.74. The number of thiazole rings is 1. The monoisotopic (exact) mass is 262 g/mol. The van der Waals surface area contributed by atoms with E-state index in [1.54, 1.807) is 11.3 Å². The molecule has 96 valence electrons. The fourth-order valence-corrected chi connectivity index (χ4v) is 2.69. The second-order valence-corrected chi connectivity index (χ2v) is 5.41. The van der Waals surface area contributed by atoms with Gasteiger partial charge in [0.25, 0.3) is 0 Å². The molecule has 4 heteroatoms. The van der Waals surface area contributed by atoms with Crippen LogP contribution < -0.4 is 10.5 Å². The fraction of sp³-hybridized carbons (Fsp3) is 0.357. The highest BCUT2D eigenvalue weighted by Crippen LogP contribution is 2.27. The highest BCUT2D eigenvalue weighted by molar-refractivity contribution is 7.11. The van der Waals surface area contributed by atoms with E-state index in [0.29, 0.717) is 6.61 Å². The second-order valence-electron chi connectivity index (χ2n) is 4.18. The van der Waals surface area contributed by atoms with Crippen LogP contribution in [0.5, 0.6) is 5.75 Å². The lowest BCUT2D eigenvalue weighted by Gasteiger charge is -2.11. The zero-order chi connectivity index (χ0) is 13.1. The van der Waals surface area contributed by atoms with Gasteiger partial charge in [0, 0.05) is 4.88 Å². The number of ether oxygens (including phenoxy) is 1. The number of aryl methyl sites for hydroxylation is 2. The lowest BCUT2D eigenvalue weighted by Crippen LogP contribution is -2.11. The van der Waals surface area contributed by atoms with Gasteiger partial charge < -0.3 is 10.5 Å². The van der Waals surface area contributed by atoms with Gasteiger partial charge in [0.15, 0.2) is 0 Å². The summed E-state index contributed by atoms with van der Waals surface area (Å²) in [6, 6.07) is 7.73. The Balaban J connectivity index is 2.27. The Morgan fingerprint density at radius 1 is 1.39 bits per heavy atom. The average molecular weight is 262 g/mol. The fourth-order valence-electron chi connectivity index (χ4n) is 1.74. The summed E-state index contributed by atoms with van der Waals surface area (Å²) >= 11 is 1.66. The Labute approximate surface area is 112 Å². The molecule has 0 saturated heterocycles. The van der Waals surface area contributed by atoms with Crippen LogP contribution in [0.4, 0.5) is 0 Å². The normalized spacial score (nSPS) is 12.4. The largest absolute Gasteiger partial charge is 0.494 e. The molecule has 0 aliphatic carbocycles. The van der Waals surface area contributed by atoms with Gasteiger partial charge in [-0.15, -0.1) is 11.3 Å². The van der Waals surface area contributed by atoms with Crippen LogP contribution in [-0.4, -0.2) is 11.6 Å². The Hall–Kier alpha value is -1.39. The van der Waals surface area contributed by atoms with Crippen LogP contribution in [-0.2, 0) is 0 Å². The molecule has 1 aromatic heterocycles. The third-order valence-corrected chi connectivity index (χ3v) is 4.00. The molecule has 1 atom stereocenters. The molecule has 2 N–H and O–H groups in total. The van der Waals surface area contributed by atoms with Crippen molar-refractivity contribution in [3.05, 3.63) is 45.4 Å². The van der Waals surface area contributed by atoms with E-state index < -0.39 is 0 Å². The van der Waals surface area contributed by atoms with Crippen molar-refractivity contribution in [1.82, 2.24) is 4.98 Å². The molecule has 0 bridgehead atoms. The quantitative estimate of drug-likeness (QED) is 0.920. The van der Waals surface area contributed by atoms with E-state index in [-0.39, 0.29) is 6.04 Å². The molecule has 0 aliphatic heterocycles. The lowest BCUT2D eigenvalue weighted by atomic mass is 10.1. The van der Waals surface area contributed by atoms with Crippen LogP contribution in [0.2, 0.25) is 0 Å². The number of hydrogen-bond acceptors (Lipinski definition) is 4. The topological polar surface area (TPSA) is 48.1 Å². The molecule has 0 saturated carbocycles. The van der Waals surface area contributed by atoms with E-state index in [1.807, 2.05) is 38.1 Å². The Morgan fingerprint density at radius 3 is 2.78 bits per heavy atom. The van der Waals surface area contributed by atoms with Gasteiger partial charge in [-0.2, -0.15) is 0 Å². The molecule has 2 aromatic rings. The first-order valence-electron chi connectivity index (χ1n) is 6.04. The van der Waals surface area contributed by atoms with E-state index in [4.69, 9.17) is 10.5 Å². The summed E-state index contributed by atoms with van der Waals surface area (Å²) in [5.74, 6) is 0.857. The van der Waals surface area contributed by atoms with Crippen molar-refractivity contribution < 1.29 is 4.74 Å². The molecule has 0 radical (unpaired) electrons. The average Bonchev–Trinajstić information content (AvgIpc) is 2.69. The third kappa shape index (κ3) is 2.71. The number of rotatable bonds is 4. The van der Waals surface area contributed by atoms with Crippen LogP contribution in [0.3, 0.4) is 0 Å². The van der Waals surface area contributed by atoms with E-state index >= 15 is 0 Å². The van der Waals surface area contributed by atoms with Crippen LogP contribution in [0.25, 0.3) is 0 Å². The minimum atomic E-state index is -0.178. The summed E-state index contributed by atoms with van der Waals surface area (Å²) < 4.78 is 5.49. The van der Waals surface area contributed by atoms with Gasteiger partial charge in [0.05, 0.1) is 18.3 Å². The number of aromatic nitrogens is 1. The molecule has 3 nitrogen and oxygen atoms in total. The van der Waals surface area contributed by atoms with Crippen molar-refractivity contribution in [2.24, 2.45) is 5.73 Å². The van der Waals surface area contributed by atoms with E-state index in [0.717, 1.165) is 22.0 Å². The first-order valence-corrected chi connectivity index (χ1v) is 6.85. The summed E-state index contributed by atoms with van der Waals surface area (Å²) in [5, 5.41) is 0.957. The van der Waals surface area contributed by atoms with Crippen molar-refractivity contribution in [2.75, 3.05) is 6.61 Å². The van der Waals surface area contributed by atoms with Gasteiger partial charge in [0.2, 0.25) is 0 Å². The van der Waals surface area contributed by atoms with Gasteiger partial charge in [-0.25, -0.2) is 4.98 Å². The number of hydrogen-bond donors (Lipinski definition) is 1. The van der Waals surface area contributed by atoms with Crippen LogP contribution in [0.15, 0.2) is 24.3 Å². The molecule has 0 fully saturated rings. The Kier molecular flexibility index (Phi) is 3.99. The Morgan fingerprint density at radius 2 is 2.17 bits per heavy atom. The summed E-state index contributed by atoms with van der Waals surface area (Å²) in [7, 11) is 0. The number of nitrogens with zero attached hydrogens (tertiary/aromatic N) is 1. The molecule has 1 heterocycles. The first-order chi connectivity index (χ1) is 8.61. The molecular formula is C14H18N2OS. The van der Waals surface area contributed by atoms with Crippen molar-refractivity contribution in [2.45, 2.75) is 26.8 Å². The van der Waals surface area contributed by atoms with Crippen molar-refractivity contribution in [1.29, 1.82) is 0 Å². The molecule has 0 spiro atoms. The number of benzene rings is 1. The van der Waals surface area contributed by atoms with Crippen molar-refractivity contribution >= 4 is 11.3 Å². The van der Waals surface area contributed by atoms with Gasteiger partial charge in [-0.1, -0.05) is 12.1 Å². The zero-order valence-electron chi connectivity index (χ0n) is 10.9. The van der Waals surface area contributed by atoms with Crippen LogP contribution in [0.1, 0.15) is 34.1 Å². The van der Waals surface area contributed by atoms with Crippen molar-refractivity contribution in [3.63, 3.8) is 0 Å². The number of nitrogens with two attached hydrogens (primary N) is 1. The van der Waals surface area contributed by atoms with Gasteiger partial charge in [-0.3, -0.25) is 0 Å². The van der Waals surface area contributed by atoms with Gasteiger partial charge in [-0.05, 0) is 38.5 Å². The molecule has 18 heavy (non-hydrogen) atoms. The highest BCUT2D eigenvalue weighted by atomic mass is 32.1. The maximum atomic E-state index is 6.26. The maximum absolute atomic E-state index is 6.26. The minimum absolute atomic E-state index is 0.178. The first kappa shape index (κ1) is 13.1. The van der Waals surface area contributed by atoms with E-state index in [9.17, 15) is 0 Å². The summed E-state index contributed by atoms with van der Waals surface area (Å²) in [6.45, 7) is 6.72. The molecule has 0 aliphatic rings. The van der Waals surface area contributed by atoms with Crippen molar-refractivity contribution in [3.8, 4) is 5.75 Å². The molecular weight excluding hydrogens is 244 g/mol. The SMILES string of the molecule is CCOc1cccc(C(N)c2nc(C)c(C)s2)c1. The third-order valence-electron chi connectivity index (χ3n) is 2.84. The Bertz CT molecular complexity index is 517. The van der Waals surface area contributed by atoms with E-state index in [2.05, 4.69) is 11.9 Å². The summed E-state index contributed by atoms with van der Waals surface area (Å²) in [5.41, 5.74) is 8.35. The molecule has 0 amide bonds. The molecule has 2 rings (SSSR count). The second kappa shape index (κ2) is 5.50. The van der Waals surface area contributed by atoms with Gasteiger partial charge >= 0.3 is 0 Å². The standard InChI is InChI=1S/C14H18N2OS/c1-4-17-12-7-5-6-11(8-12)13(15)14-16-9(2)10(3)18-14/h5-8,13H,4,15H2,1-3H3. The predicted octanol–water partition coefficient (Wildman–Crippen LogP) is 3.21. The van der Waals surface area contributed by atoms with Crippen LogP contribution in [0, 0.1) is 13.8 Å². The minimum Gasteiger partial charge on any atom is -0.494 e. The van der Waals surface area contributed by atoms with Gasteiger partial charge in [0.1, 0.15) is 10.8 Å². The molecule has 1 unspecified atom stereocenters.